The van der Waals surface area contributed by atoms with Crippen LogP contribution in [-0.4, -0.2) is 37.0 Å². The first kappa shape index (κ1) is 16.8. The molecule has 1 aromatic carbocycles. The van der Waals surface area contributed by atoms with Crippen LogP contribution >= 0.6 is 27.7 Å². The van der Waals surface area contributed by atoms with E-state index in [-0.39, 0.29) is 16.5 Å². The second-order valence-electron chi connectivity index (χ2n) is 4.95. The summed E-state index contributed by atoms with van der Waals surface area (Å²) >= 11 is 4.97. The van der Waals surface area contributed by atoms with Crippen LogP contribution in [-0.2, 0) is 10.0 Å². The number of carboxylic acids is 1. The maximum atomic E-state index is 12.5. The molecule has 1 aromatic rings. The lowest BCUT2D eigenvalue weighted by Crippen LogP contribution is -2.38. The summed E-state index contributed by atoms with van der Waals surface area (Å²) in [5.41, 5.74) is 0.544. The van der Waals surface area contributed by atoms with Gasteiger partial charge in [-0.3, -0.25) is 0 Å². The third-order valence-electron chi connectivity index (χ3n) is 3.24. The van der Waals surface area contributed by atoms with E-state index in [0.29, 0.717) is 10.0 Å². The van der Waals surface area contributed by atoms with Crippen LogP contribution in [0.25, 0.3) is 0 Å². The van der Waals surface area contributed by atoms with Gasteiger partial charge >= 0.3 is 5.97 Å². The van der Waals surface area contributed by atoms with Crippen LogP contribution in [0.5, 0.6) is 0 Å². The summed E-state index contributed by atoms with van der Waals surface area (Å²) in [6.45, 7) is 1.67. The molecule has 2 rings (SSSR count). The zero-order chi connectivity index (χ0) is 15.6. The summed E-state index contributed by atoms with van der Waals surface area (Å²) in [6.07, 6.45) is 1.79. The fourth-order valence-corrected chi connectivity index (χ4v) is 5.66. The molecule has 1 heterocycles. The van der Waals surface area contributed by atoms with E-state index < -0.39 is 16.0 Å². The average molecular weight is 394 g/mol. The minimum atomic E-state index is -3.74. The van der Waals surface area contributed by atoms with Crippen molar-refractivity contribution in [3.63, 3.8) is 0 Å². The molecule has 0 amide bonds. The summed E-state index contributed by atoms with van der Waals surface area (Å²) in [7, 11) is -3.74. The van der Waals surface area contributed by atoms with E-state index >= 15 is 0 Å². The van der Waals surface area contributed by atoms with E-state index in [2.05, 4.69) is 20.7 Å². The number of sulfonamides is 1. The normalized spacial score (nSPS) is 19.4. The average Bonchev–Trinajstić information content (AvgIpc) is 2.41. The Morgan fingerprint density at radius 3 is 2.76 bits per heavy atom. The summed E-state index contributed by atoms with van der Waals surface area (Å²) in [5, 5.41) is 9.08. The lowest BCUT2D eigenvalue weighted by molar-refractivity contribution is 0.0696. The third-order valence-corrected chi connectivity index (χ3v) is 7.31. The van der Waals surface area contributed by atoms with Gasteiger partial charge in [-0.1, -0.05) is 0 Å². The third kappa shape index (κ3) is 4.00. The van der Waals surface area contributed by atoms with Gasteiger partial charge in [-0.05, 0) is 59.1 Å². The van der Waals surface area contributed by atoms with E-state index in [1.165, 1.54) is 12.1 Å². The quantitative estimate of drug-likeness (QED) is 0.821. The summed E-state index contributed by atoms with van der Waals surface area (Å²) in [6, 6.07) is 2.54. The number of nitrogens with one attached hydrogen (secondary N) is 1. The van der Waals surface area contributed by atoms with Crippen molar-refractivity contribution in [2.75, 3.05) is 11.5 Å². The predicted octanol–water partition coefficient (Wildman–Crippen LogP) is 2.63. The summed E-state index contributed by atoms with van der Waals surface area (Å²) < 4.78 is 28.1. The zero-order valence-electron chi connectivity index (χ0n) is 11.4. The number of carbonyl (C=O) groups is 1. The number of aromatic carboxylic acids is 1. The SMILES string of the molecule is Cc1cc(C(=O)O)cc(S(=O)(=O)NC2CCCSC2)c1Br. The van der Waals surface area contributed by atoms with E-state index in [0.717, 1.165) is 24.3 Å². The van der Waals surface area contributed by atoms with Crippen LogP contribution in [0.2, 0.25) is 0 Å². The van der Waals surface area contributed by atoms with Crippen molar-refractivity contribution in [3.05, 3.63) is 27.7 Å². The Morgan fingerprint density at radius 2 is 2.19 bits per heavy atom. The van der Waals surface area contributed by atoms with Gasteiger partial charge in [-0.2, -0.15) is 11.8 Å². The molecule has 1 saturated heterocycles. The molecule has 1 atom stereocenters. The number of benzene rings is 1. The molecule has 0 radical (unpaired) electrons. The maximum absolute atomic E-state index is 12.5. The van der Waals surface area contributed by atoms with Crippen molar-refractivity contribution in [2.24, 2.45) is 0 Å². The lowest BCUT2D eigenvalue weighted by atomic mass is 10.1. The van der Waals surface area contributed by atoms with Gasteiger partial charge in [0.05, 0.1) is 10.5 Å². The van der Waals surface area contributed by atoms with Gasteiger partial charge in [0.1, 0.15) is 0 Å². The highest BCUT2D eigenvalue weighted by Gasteiger charge is 2.25. The molecular weight excluding hydrogens is 378 g/mol. The molecule has 1 aliphatic rings. The first-order chi connectivity index (χ1) is 9.81. The van der Waals surface area contributed by atoms with Gasteiger partial charge in [0.15, 0.2) is 0 Å². The number of thioether (sulfide) groups is 1. The van der Waals surface area contributed by atoms with Gasteiger partial charge in [0.2, 0.25) is 10.0 Å². The largest absolute Gasteiger partial charge is 0.478 e. The first-order valence-electron chi connectivity index (χ1n) is 6.45. The minimum Gasteiger partial charge on any atom is -0.478 e. The van der Waals surface area contributed by atoms with Gasteiger partial charge in [-0.15, -0.1) is 0 Å². The fourth-order valence-electron chi connectivity index (χ4n) is 2.17. The van der Waals surface area contributed by atoms with Crippen LogP contribution in [0.4, 0.5) is 0 Å². The Labute approximate surface area is 136 Å². The molecule has 2 N–H and O–H groups in total. The summed E-state index contributed by atoms with van der Waals surface area (Å²) in [4.78, 5) is 11.1. The summed E-state index contributed by atoms with van der Waals surface area (Å²) in [5.74, 6) is 0.652. The van der Waals surface area contributed by atoms with Crippen molar-refractivity contribution >= 4 is 43.7 Å². The second kappa shape index (κ2) is 6.68. The molecule has 21 heavy (non-hydrogen) atoms. The Hall–Kier alpha value is -0.570. The van der Waals surface area contributed by atoms with Gasteiger partial charge in [0, 0.05) is 16.3 Å². The van der Waals surface area contributed by atoms with Crippen LogP contribution in [0.3, 0.4) is 0 Å². The first-order valence-corrected chi connectivity index (χ1v) is 9.88. The molecule has 8 heteroatoms. The zero-order valence-corrected chi connectivity index (χ0v) is 14.6. The lowest BCUT2D eigenvalue weighted by Gasteiger charge is -2.23. The number of halogens is 1. The number of hydrogen-bond acceptors (Lipinski definition) is 4. The fraction of sp³-hybridized carbons (Fsp3) is 0.462. The van der Waals surface area contributed by atoms with Crippen LogP contribution in [0.1, 0.15) is 28.8 Å². The maximum Gasteiger partial charge on any atom is 0.335 e. The van der Waals surface area contributed by atoms with Crippen molar-refractivity contribution in [2.45, 2.75) is 30.7 Å². The molecule has 0 spiro atoms. The minimum absolute atomic E-state index is 0.0181. The Balaban J connectivity index is 2.36. The number of rotatable bonds is 4. The Morgan fingerprint density at radius 1 is 1.48 bits per heavy atom. The second-order valence-corrected chi connectivity index (χ2v) is 8.57. The molecule has 0 aliphatic carbocycles. The van der Waals surface area contributed by atoms with Crippen LogP contribution in [0, 0.1) is 6.92 Å². The topological polar surface area (TPSA) is 83.5 Å². The van der Waals surface area contributed by atoms with Gasteiger partial charge < -0.3 is 5.11 Å². The molecule has 1 aliphatic heterocycles. The number of hydrogen-bond donors (Lipinski definition) is 2. The molecule has 1 fully saturated rings. The van der Waals surface area contributed by atoms with Gasteiger partial charge in [0.25, 0.3) is 0 Å². The molecule has 5 nitrogen and oxygen atoms in total. The van der Waals surface area contributed by atoms with E-state index in [1.54, 1.807) is 18.7 Å². The van der Waals surface area contributed by atoms with Crippen molar-refractivity contribution in [1.29, 1.82) is 0 Å². The van der Waals surface area contributed by atoms with E-state index in [9.17, 15) is 13.2 Å². The highest BCUT2D eigenvalue weighted by molar-refractivity contribution is 9.10. The Bertz CT molecular complexity index is 654. The highest BCUT2D eigenvalue weighted by atomic mass is 79.9. The number of aryl methyl sites for hydroxylation is 1. The predicted molar refractivity (Wildman–Crippen MR) is 86.5 cm³/mol. The van der Waals surface area contributed by atoms with Crippen LogP contribution < -0.4 is 4.72 Å². The molecule has 0 bridgehead atoms. The van der Waals surface area contributed by atoms with Crippen molar-refractivity contribution in [3.8, 4) is 0 Å². The van der Waals surface area contributed by atoms with Crippen LogP contribution in [0.15, 0.2) is 21.5 Å². The van der Waals surface area contributed by atoms with E-state index in [1.807, 2.05) is 0 Å². The smallest absolute Gasteiger partial charge is 0.335 e. The van der Waals surface area contributed by atoms with Gasteiger partial charge in [-0.25, -0.2) is 17.9 Å². The van der Waals surface area contributed by atoms with E-state index in [4.69, 9.17) is 5.11 Å². The molecule has 116 valence electrons. The van der Waals surface area contributed by atoms with Crippen molar-refractivity contribution < 1.29 is 18.3 Å². The number of carboxylic acid groups (broad SMARTS) is 1. The molecule has 0 aromatic heterocycles. The molecular formula is C13H16BrNO4S2. The molecule has 1 unspecified atom stereocenters. The van der Waals surface area contributed by atoms with Crippen molar-refractivity contribution in [1.82, 2.24) is 4.72 Å². The Kier molecular flexibility index (Phi) is 5.34. The molecule has 0 saturated carbocycles. The monoisotopic (exact) mass is 393 g/mol. The standard InChI is InChI=1S/C13H16BrNO4S2/c1-8-5-9(13(16)17)6-11(12(8)14)21(18,19)15-10-3-2-4-20-7-10/h5-6,10,15H,2-4,7H2,1H3,(H,16,17). The highest BCUT2D eigenvalue weighted by Crippen LogP contribution is 2.28.